The lowest BCUT2D eigenvalue weighted by Gasteiger charge is -1.98. The van der Waals surface area contributed by atoms with Gasteiger partial charge in [-0.1, -0.05) is 49.2 Å². The highest BCUT2D eigenvalue weighted by molar-refractivity contribution is 5.85. The molecular weight excluding hydrogens is 286 g/mol. The van der Waals surface area contributed by atoms with E-state index in [1.807, 2.05) is 39.1 Å². The van der Waals surface area contributed by atoms with Crippen LogP contribution in [0, 0.1) is 13.8 Å². The number of aromatic nitrogens is 2. The second-order valence-corrected chi connectivity index (χ2v) is 4.96. The summed E-state index contributed by atoms with van der Waals surface area (Å²) < 4.78 is 1.79. The standard InChI is InChI=1S/C9H9N3O.C8H10.C2H6/c1-12-9-3-2-8(10-6-13)4-7(9)5-11-12;1-7-4-3-5-8(2)6-7;1-2/h2-6H,1H3,(H,10,13);3-6H,1-2H3;1-2H3. The number of carbonyl (C=O) groups is 1. The average Bonchev–Trinajstić information content (AvgIpc) is 2.91. The number of amides is 1. The van der Waals surface area contributed by atoms with Crippen LogP contribution in [-0.4, -0.2) is 16.2 Å². The van der Waals surface area contributed by atoms with Gasteiger partial charge in [-0.05, 0) is 32.0 Å². The molecule has 1 N–H and O–H groups in total. The van der Waals surface area contributed by atoms with E-state index in [-0.39, 0.29) is 0 Å². The molecule has 23 heavy (non-hydrogen) atoms. The molecule has 4 heteroatoms. The van der Waals surface area contributed by atoms with Gasteiger partial charge in [0.1, 0.15) is 0 Å². The number of anilines is 1. The molecule has 0 bridgehead atoms. The third kappa shape index (κ3) is 5.58. The number of benzene rings is 2. The van der Waals surface area contributed by atoms with Gasteiger partial charge in [0.15, 0.2) is 0 Å². The maximum absolute atomic E-state index is 10.2. The molecular formula is C19H25N3O. The van der Waals surface area contributed by atoms with Gasteiger partial charge in [0, 0.05) is 18.1 Å². The summed E-state index contributed by atoms with van der Waals surface area (Å²) in [5.74, 6) is 0. The maximum atomic E-state index is 10.2. The van der Waals surface area contributed by atoms with Crippen LogP contribution in [0.3, 0.4) is 0 Å². The van der Waals surface area contributed by atoms with Crippen LogP contribution in [0.15, 0.2) is 48.7 Å². The van der Waals surface area contributed by atoms with E-state index < -0.39 is 0 Å². The molecule has 0 atom stereocenters. The van der Waals surface area contributed by atoms with Gasteiger partial charge in [-0.25, -0.2) is 0 Å². The molecule has 1 aromatic heterocycles. The number of rotatable bonds is 2. The summed E-state index contributed by atoms with van der Waals surface area (Å²) in [5, 5.41) is 7.71. The minimum absolute atomic E-state index is 0.664. The van der Waals surface area contributed by atoms with Gasteiger partial charge in [-0.3, -0.25) is 9.48 Å². The van der Waals surface area contributed by atoms with E-state index in [0.717, 1.165) is 16.6 Å². The summed E-state index contributed by atoms with van der Waals surface area (Å²) in [7, 11) is 1.88. The molecule has 0 fully saturated rings. The minimum atomic E-state index is 0.664. The van der Waals surface area contributed by atoms with Gasteiger partial charge >= 0.3 is 0 Å². The fourth-order valence-electron chi connectivity index (χ4n) is 2.13. The lowest BCUT2D eigenvalue weighted by molar-refractivity contribution is -0.105. The molecule has 2 aromatic carbocycles. The van der Waals surface area contributed by atoms with E-state index in [1.165, 1.54) is 11.1 Å². The first-order valence-electron chi connectivity index (χ1n) is 7.75. The van der Waals surface area contributed by atoms with E-state index in [9.17, 15) is 4.79 Å². The number of nitrogens with one attached hydrogen (secondary N) is 1. The Bertz CT molecular complexity index is 730. The number of nitrogens with zero attached hydrogens (tertiary/aromatic N) is 2. The van der Waals surface area contributed by atoms with E-state index in [0.29, 0.717) is 6.41 Å². The first-order valence-corrected chi connectivity index (χ1v) is 7.75. The number of aryl methyl sites for hydroxylation is 3. The Hall–Kier alpha value is -2.62. The molecule has 0 saturated heterocycles. The van der Waals surface area contributed by atoms with Crippen LogP contribution < -0.4 is 5.32 Å². The summed E-state index contributed by atoms with van der Waals surface area (Å²) >= 11 is 0. The Kier molecular flexibility index (Phi) is 7.54. The first kappa shape index (κ1) is 18.4. The van der Waals surface area contributed by atoms with Crippen molar-refractivity contribution in [2.75, 3.05) is 5.32 Å². The molecule has 0 aliphatic heterocycles. The van der Waals surface area contributed by atoms with E-state index in [4.69, 9.17) is 0 Å². The maximum Gasteiger partial charge on any atom is 0.211 e. The van der Waals surface area contributed by atoms with Gasteiger partial charge < -0.3 is 5.32 Å². The van der Waals surface area contributed by atoms with Crippen molar-refractivity contribution in [2.24, 2.45) is 7.05 Å². The topological polar surface area (TPSA) is 46.9 Å². The molecule has 122 valence electrons. The molecule has 1 amide bonds. The molecule has 3 rings (SSSR count). The van der Waals surface area contributed by atoms with Gasteiger partial charge in [0.2, 0.25) is 6.41 Å². The Morgan fingerprint density at radius 1 is 1.04 bits per heavy atom. The number of carbonyl (C=O) groups excluding carboxylic acids is 1. The van der Waals surface area contributed by atoms with Crippen LogP contribution in [0.2, 0.25) is 0 Å². The predicted molar refractivity (Wildman–Crippen MR) is 97.7 cm³/mol. The van der Waals surface area contributed by atoms with Crippen LogP contribution in [-0.2, 0) is 11.8 Å². The van der Waals surface area contributed by atoms with Gasteiger partial charge in [0.25, 0.3) is 0 Å². The van der Waals surface area contributed by atoms with Crippen LogP contribution in [0.25, 0.3) is 10.9 Å². The average molecular weight is 311 g/mol. The van der Waals surface area contributed by atoms with Crippen molar-refractivity contribution in [1.82, 2.24) is 9.78 Å². The zero-order valence-electron chi connectivity index (χ0n) is 14.5. The number of hydrogen-bond acceptors (Lipinski definition) is 2. The molecule has 0 aliphatic carbocycles. The molecule has 0 aliphatic rings. The summed E-state index contributed by atoms with van der Waals surface area (Å²) in [4.78, 5) is 10.2. The predicted octanol–water partition coefficient (Wildman–Crippen LogP) is 4.47. The number of hydrogen-bond donors (Lipinski definition) is 1. The van der Waals surface area contributed by atoms with Crippen molar-refractivity contribution in [3.05, 3.63) is 59.8 Å². The van der Waals surface area contributed by atoms with Crippen LogP contribution in [0.5, 0.6) is 0 Å². The van der Waals surface area contributed by atoms with Gasteiger partial charge in [-0.15, -0.1) is 0 Å². The Morgan fingerprint density at radius 3 is 2.22 bits per heavy atom. The lowest BCUT2D eigenvalue weighted by atomic mass is 10.2. The molecule has 0 unspecified atom stereocenters. The third-order valence-corrected chi connectivity index (χ3v) is 3.15. The first-order chi connectivity index (χ1) is 11.1. The van der Waals surface area contributed by atoms with Gasteiger partial charge in [-0.2, -0.15) is 5.10 Å². The normalized spacial score (nSPS) is 9.26. The summed E-state index contributed by atoms with van der Waals surface area (Å²) in [6.07, 6.45) is 2.43. The number of fused-ring (bicyclic) bond motifs is 1. The van der Waals surface area contributed by atoms with Crippen LogP contribution in [0.1, 0.15) is 25.0 Å². The van der Waals surface area contributed by atoms with Crippen molar-refractivity contribution in [2.45, 2.75) is 27.7 Å². The van der Waals surface area contributed by atoms with Crippen molar-refractivity contribution < 1.29 is 4.79 Å². The van der Waals surface area contributed by atoms with Crippen molar-refractivity contribution >= 4 is 23.0 Å². The quantitative estimate of drug-likeness (QED) is 0.710. The molecule has 4 nitrogen and oxygen atoms in total. The van der Waals surface area contributed by atoms with Crippen molar-refractivity contribution in [3.8, 4) is 0 Å². The Morgan fingerprint density at radius 2 is 1.70 bits per heavy atom. The molecule has 1 heterocycles. The molecule has 3 aromatic rings. The van der Waals surface area contributed by atoms with E-state index >= 15 is 0 Å². The molecule has 0 saturated carbocycles. The largest absolute Gasteiger partial charge is 0.329 e. The second kappa shape index (κ2) is 9.41. The van der Waals surface area contributed by atoms with Gasteiger partial charge in [0.05, 0.1) is 11.7 Å². The lowest BCUT2D eigenvalue weighted by Crippen LogP contribution is -1.93. The van der Waals surface area contributed by atoms with Crippen LogP contribution in [0.4, 0.5) is 5.69 Å². The monoisotopic (exact) mass is 311 g/mol. The van der Waals surface area contributed by atoms with E-state index in [2.05, 4.69) is 48.5 Å². The van der Waals surface area contributed by atoms with Crippen LogP contribution >= 0.6 is 0 Å². The zero-order chi connectivity index (χ0) is 17.2. The SMILES string of the molecule is CC.Cc1cccc(C)c1.Cn1ncc2cc(NC=O)ccc21. The molecule has 0 radical (unpaired) electrons. The highest BCUT2D eigenvalue weighted by Crippen LogP contribution is 2.17. The highest BCUT2D eigenvalue weighted by Gasteiger charge is 1.99. The fraction of sp³-hybridized carbons (Fsp3) is 0.263. The summed E-state index contributed by atoms with van der Waals surface area (Å²) in [6.45, 7) is 8.21. The van der Waals surface area contributed by atoms with Crippen molar-refractivity contribution in [3.63, 3.8) is 0 Å². The fourth-order valence-corrected chi connectivity index (χ4v) is 2.13. The van der Waals surface area contributed by atoms with Crippen molar-refractivity contribution in [1.29, 1.82) is 0 Å². The van der Waals surface area contributed by atoms with E-state index in [1.54, 1.807) is 10.9 Å². The smallest absolute Gasteiger partial charge is 0.211 e. The summed E-state index contributed by atoms with van der Waals surface area (Å²) in [6, 6.07) is 14.1. The third-order valence-electron chi connectivity index (χ3n) is 3.15. The highest BCUT2D eigenvalue weighted by atomic mass is 16.1. The second-order valence-electron chi connectivity index (χ2n) is 4.96. The Labute approximate surface area is 138 Å². The minimum Gasteiger partial charge on any atom is -0.329 e. The summed E-state index contributed by atoms with van der Waals surface area (Å²) in [5.41, 5.74) is 4.52. The zero-order valence-corrected chi connectivity index (χ0v) is 14.5. The Balaban J connectivity index is 0.000000228. The molecule has 0 spiro atoms.